The van der Waals surface area contributed by atoms with Gasteiger partial charge in [0.15, 0.2) is 0 Å². The molecule has 1 heterocycles. The normalized spacial score (nSPS) is 21.2. The van der Waals surface area contributed by atoms with E-state index < -0.39 is 0 Å². The lowest BCUT2D eigenvalue weighted by atomic mass is 9.99. The smallest absolute Gasteiger partial charge is 0.0320 e. The van der Waals surface area contributed by atoms with E-state index in [1.807, 2.05) is 0 Å². The van der Waals surface area contributed by atoms with E-state index in [4.69, 9.17) is 0 Å². The van der Waals surface area contributed by atoms with E-state index in [2.05, 4.69) is 66.7 Å². The van der Waals surface area contributed by atoms with Crippen molar-refractivity contribution in [2.24, 2.45) is 0 Å². The van der Waals surface area contributed by atoms with E-state index in [1.54, 1.807) is 0 Å². The molecule has 0 aromatic heterocycles. The number of nitrogens with zero attached hydrogens (tertiary/aromatic N) is 1. The minimum Gasteiger partial charge on any atom is -0.315 e. The van der Waals surface area contributed by atoms with Crippen LogP contribution in [0, 0.1) is 0 Å². The average Bonchev–Trinajstić information content (AvgIpc) is 2.54. The fourth-order valence-corrected chi connectivity index (χ4v) is 3.20. The van der Waals surface area contributed by atoms with Gasteiger partial charge in [-0.1, -0.05) is 36.4 Å². The van der Waals surface area contributed by atoms with Crippen molar-refractivity contribution in [3.05, 3.63) is 48.0 Å². The monoisotopic (exact) mass is 268 g/mol. The summed E-state index contributed by atoms with van der Waals surface area (Å²) in [6.45, 7) is 4.61. The lowest BCUT2D eigenvalue weighted by Gasteiger charge is -2.36. The molecule has 3 rings (SSSR count). The Labute approximate surface area is 121 Å². The average molecular weight is 268 g/mol. The fourth-order valence-electron chi connectivity index (χ4n) is 3.20. The molecule has 2 heteroatoms. The SMILES string of the molecule is CC(c1ccc2ccccc2c1)N(C)C1CCCNC1. The van der Waals surface area contributed by atoms with Gasteiger partial charge in [-0.05, 0) is 55.8 Å². The molecule has 0 amide bonds. The third-order valence-electron chi connectivity index (χ3n) is 4.71. The Morgan fingerprint density at radius 2 is 1.95 bits per heavy atom. The maximum atomic E-state index is 3.51. The summed E-state index contributed by atoms with van der Waals surface area (Å²) in [4.78, 5) is 2.52. The van der Waals surface area contributed by atoms with Crippen molar-refractivity contribution in [2.75, 3.05) is 20.1 Å². The first-order chi connectivity index (χ1) is 9.75. The van der Waals surface area contributed by atoms with E-state index in [1.165, 1.54) is 35.7 Å². The molecule has 2 atom stereocenters. The summed E-state index contributed by atoms with van der Waals surface area (Å²) >= 11 is 0. The van der Waals surface area contributed by atoms with Gasteiger partial charge in [-0.2, -0.15) is 0 Å². The van der Waals surface area contributed by atoms with Crippen LogP contribution in [0.15, 0.2) is 42.5 Å². The van der Waals surface area contributed by atoms with Crippen LogP contribution in [0.3, 0.4) is 0 Å². The zero-order chi connectivity index (χ0) is 13.9. The van der Waals surface area contributed by atoms with Crippen molar-refractivity contribution in [2.45, 2.75) is 31.8 Å². The van der Waals surface area contributed by atoms with Gasteiger partial charge in [-0.25, -0.2) is 0 Å². The third-order valence-corrected chi connectivity index (χ3v) is 4.71. The van der Waals surface area contributed by atoms with Gasteiger partial charge in [-0.15, -0.1) is 0 Å². The molecule has 0 spiro atoms. The topological polar surface area (TPSA) is 15.3 Å². The second-order valence-corrected chi connectivity index (χ2v) is 5.95. The van der Waals surface area contributed by atoms with Gasteiger partial charge in [0.2, 0.25) is 0 Å². The highest BCUT2D eigenvalue weighted by Crippen LogP contribution is 2.26. The maximum absolute atomic E-state index is 3.51. The van der Waals surface area contributed by atoms with E-state index in [0.717, 1.165) is 6.54 Å². The second kappa shape index (κ2) is 5.94. The summed E-state index contributed by atoms with van der Waals surface area (Å²) in [7, 11) is 2.26. The summed E-state index contributed by atoms with van der Waals surface area (Å²) < 4.78 is 0. The minimum absolute atomic E-state index is 0.463. The number of rotatable bonds is 3. The number of benzene rings is 2. The van der Waals surface area contributed by atoms with Crippen LogP contribution >= 0.6 is 0 Å². The van der Waals surface area contributed by atoms with Crippen molar-refractivity contribution in [3.63, 3.8) is 0 Å². The summed E-state index contributed by atoms with van der Waals surface area (Å²) in [6.07, 6.45) is 2.60. The molecule has 2 aromatic carbocycles. The molecule has 0 saturated carbocycles. The number of hydrogen-bond donors (Lipinski definition) is 1. The van der Waals surface area contributed by atoms with Gasteiger partial charge in [0.05, 0.1) is 0 Å². The van der Waals surface area contributed by atoms with Gasteiger partial charge in [0.25, 0.3) is 0 Å². The molecule has 1 N–H and O–H groups in total. The first-order valence-electron chi connectivity index (χ1n) is 7.67. The summed E-state index contributed by atoms with van der Waals surface area (Å²) in [5, 5.41) is 6.17. The van der Waals surface area contributed by atoms with Gasteiger partial charge in [-0.3, -0.25) is 4.90 Å². The van der Waals surface area contributed by atoms with Crippen LogP contribution in [-0.4, -0.2) is 31.1 Å². The van der Waals surface area contributed by atoms with Crippen molar-refractivity contribution >= 4 is 10.8 Å². The van der Waals surface area contributed by atoms with Crippen LogP contribution in [-0.2, 0) is 0 Å². The van der Waals surface area contributed by atoms with E-state index in [9.17, 15) is 0 Å². The zero-order valence-corrected chi connectivity index (χ0v) is 12.5. The highest BCUT2D eigenvalue weighted by Gasteiger charge is 2.22. The second-order valence-electron chi connectivity index (χ2n) is 5.95. The number of likely N-dealkylation sites (N-methyl/N-ethyl adjacent to an activating group) is 1. The largest absolute Gasteiger partial charge is 0.315 e. The molecule has 0 radical (unpaired) electrons. The zero-order valence-electron chi connectivity index (χ0n) is 12.5. The van der Waals surface area contributed by atoms with Crippen LogP contribution in [0.25, 0.3) is 10.8 Å². The highest BCUT2D eigenvalue weighted by molar-refractivity contribution is 5.83. The van der Waals surface area contributed by atoms with Crippen LogP contribution in [0.4, 0.5) is 0 Å². The van der Waals surface area contributed by atoms with Gasteiger partial charge in [0.1, 0.15) is 0 Å². The van der Waals surface area contributed by atoms with Crippen molar-refractivity contribution < 1.29 is 0 Å². The molecular formula is C18H24N2. The molecule has 1 fully saturated rings. The predicted octanol–water partition coefficient (Wildman–Crippen LogP) is 3.58. The molecule has 0 aliphatic carbocycles. The highest BCUT2D eigenvalue weighted by atomic mass is 15.2. The van der Waals surface area contributed by atoms with Gasteiger partial charge < -0.3 is 5.32 Å². The molecule has 2 unspecified atom stereocenters. The molecule has 1 aliphatic rings. The number of fused-ring (bicyclic) bond motifs is 1. The Morgan fingerprint density at radius 3 is 2.70 bits per heavy atom. The van der Waals surface area contributed by atoms with Gasteiger partial charge >= 0.3 is 0 Å². The summed E-state index contributed by atoms with van der Waals surface area (Å²) in [6, 6.07) is 16.6. The predicted molar refractivity (Wildman–Crippen MR) is 86.0 cm³/mol. The lowest BCUT2D eigenvalue weighted by molar-refractivity contribution is 0.156. The standard InChI is InChI=1S/C18H24N2/c1-14(20(2)18-8-5-11-19-13-18)16-10-9-15-6-3-4-7-17(15)12-16/h3-4,6-7,9-10,12,14,18-19H,5,8,11,13H2,1-2H3. The molecule has 1 aliphatic heterocycles. The van der Waals surface area contributed by atoms with Crippen LogP contribution < -0.4 is 5.32 Å². The molecule has 2 nitrogen and oxygen atoms in total. The molecule has 20 heavy (non-hydrogen) atoms. The first-order valence-corrected chi connectivity index (χ1v) is 7.67. The third kappa shape index (κ3) is 2.72. The summed E-state index contributed by atoms with van der Waals surface area (Å²) in [5.41, 5.74) is 1.41. The first kappa shape index (κ1) is 13.6. The fraction of sp³-hybridized carbons (Fsp3) is 0.444. The Balaban J connectivity index is 1.81. The van der Waals surface area contributed by atoms with Crippen LogP contribution in [0.2, 0.25) is 0 Å². The van der Waals surface area contributed by atoms with Crippen molar-refractivity contribution in [1.82, 2.24) is 10.2 Å². The van der Waals surface area contributed by atoms with E-state index in [0.29, 0.717) is 12.1 Å². The molecule has 0 bridgehead atoms. The maximum Gasteiger partial charge on any atom is 0.0320 e. The quantitative estimate of drug-likeness (QED) is 0.915. The van der Waals surface area contributed by atoms with Crippen LogP contribution in [0.1, 0.15) is 31.4 Å². The van der Waals surface area contributed by atoms with E-state index >= 15 is 0 Å². The Kier molecular flexibility index (Phi) is 4.04. The molecule has 2 aromatic rings. The number of nitrogens with one attached hydrogen (secondary N) is 1. The Morgan fingerprint density at radius 1 is 1.15 bits per heavy atom. The molecular weight excluding hydrogens is 244 g/mol. The molecule has 106 valence electrons. The van der Waals surface area contributed by atoms with Gasteiger partial charge in [0, 0.05) is 18.6 Å². The minimum atomic E-state index is 0.463. The van der Waals surface area contributed by atoms with Crippen LogP contribution in [0.5, 0.6) is 0 Å². The Hall–Kier alpha value is -1.38. The Bertz CT molecular complexity index is 572. The van der Waals surface area contributed by atoms with E-state index in [-0.39, 0.29) is 0 Å². The number of hydrogen-bond acceptors (Lipinski definition) is 2. The number of piperidine rings is 1. The lowest BCUT2D eigenvalue weighted by Crippen LogP contribution is -2.45. The van der Waals surface area contributed by atoms with Crippen molar-refractivity contribution in [1.29, 1.82) is 0 Å². The van der Waals surface area contributed by atoms with Crippen molar-refractivity contribution in [3.8, 4) is 0 Å². The summed E-state index contributed by atoms with van der Waals surface area (Å²) in [5.74, 6) is 0. The molecule has 1 saturated heterocycles.